The molecular formula is C13H22N2OS. The molecule has 1 heterocycles. The Hall–Kier alpha value is -0.510. The Morgan fingerprint density at radius 1 is 1.29 bits per heavy atom. The van der Waals surface area contributed by atoms with E-state index < -0.39 is 0 Å². The monoisotopic (exact) mass is 254 g/mol. The third kappa shape index (κ3) is 2.67. The fourth-order valence-corrected chi connectivity index (χ4v) is 3.77. The van der Waals surface area contributed by atoms with Gasteiger partial charge in [0.2, 0.25) is 5.91 Å². The van der Waals surface area contributed by atoms with Crippen LogP contribution in [0.2, 0.25) is 0 Å². The Balaban J connectivity index is 2.04. The molecular weight excluding hydrogens is 232 g/mol. The number of nitrogens with zero attached hydrogens (tertiary/aromatic N) is 1. The second-order valence-corrected chi connectivity index (χ2v) is 6.36. The van der Waals surface area contributed by atoms with Crippen molar-refractivity contribution in [3.8, 4) is 0 Å². The first-order chi connectivity index (χ1) is 8.20. The minimum atomic E-state index is -0.256. The van der Waals surface area contributed by atoms with E-state index in [0.717, 1.165) is 18.0 Å². The van der Waals surface area contributed by atoms with Crippen LogP contribution in [0.4, 0.5) is 0 Å². The van der Waals surface area contributed by atoms with Crippen molar-refractivity contribution >= 4 is 22.8 Å². The smallest absolute Gasteiger partial charge is 0.242 e. The molecule has 0 spiro atoms. The highest BCUT2D eigenvalue weighted by atomic mass is 32.2. The predicted molar refractivity (Wildman–Crippen MR) is 73.4 cm³/mol. The summed E-state index contributed by atoms with van der Waals surface area (Å²) in [6.07, 6.45) is 8.04. The summed E-state index contributed by atoms with van der Waals surface area (Å²) >= 11 is 1.65. The summed E-state index contributed by atoms with van der Waals surface area (Å²) in [6.45, 7) is 4.17. The van der Waals surface area contributed by atoms with Crippen LogP contribution in [0.5, 0.6) is 0 Å². The molecule has 0 atom stereocenters. The highest BCUT2D eigenvalue weighted by Gasteiger charge is 2.43. The van der Waals surface area contributed by atoms with E-state index in [2.05, 4.69) is 19.2 Å². The molecule has 1 aliphatic carbocycles. The maximum Gasteiger partial charge on any atom is 0.242 e. The van der Waals surface area contributed by atoms with Gasteiger partial charge in [0.25, 0.3) is 0 Å². The van der Waals surface area contributed by atoms with Crippen molar-refractivity contribution in [3.05, 3.63) is 0 Å². The minimum Gasteiger partial charge on any atom is -0.304 e. The van der Waals surface area contributed by atoms with E-state index in [1.165, 1.54) is 32.1 Å². The number of amidine groups is 1. The highest BCUT2D eigenvalue weighted by Crippen LogP contribution is 2.38. The van der Waals surface area contributed by atoms with Gasteiger partial charge in [-0.1, -0.05) is 44.9 Å². The number of aliphatic imine (C=N–C) groups is 1. The molecule has 1 aliphatic heterocycles. The lowest BCUT2D eigenvalue weighted by atomic mass is 9.96. The molecule has 17 heavy (non-hydrogen) atoms. The van der Waals surface area contributed by atoms with Crippen LogP contribution < -0.4 is 5.32 Å². The SMILES string of the molecule is CCC1(CC)SC(=NC2CCCCC2)NC1=O. The summed E-state index contributed by atoms with van der Waals surface area (Å²) in [5.41, 5.74) is 0. The van der Waals surface area contributed by atoms with Gasteiger partial charge in [-0.3, -0.25) is 9.79 Å². The molecule has 0 unspecified atom stereocenters. The van der Waals surface area contributed by atoms with Crippen molar-refractivity contribution in [2.24, 2.45) is 4.99 Å². The van der Waals surface area contributed by atoms with Gasteiger partial charge in [0.05, 0.1) is 6.04 Å². The maximum atomic E-state index is 12.0. The average Bonchev–Trinajstić information content (AvgIpc) is 2.67. The van der Waals surface area contributed by atoms with E-state index in [0.29, 0.717) is 6.04 Å². The normalized spacial score (nSPS) is 27.4. The van der Waals surface area contributed by atoms with Crippen LogP contribution in [0.1, 0.15) is 58.8 Å². The van der Waals surface area contributed by atoms with Crippen LogP contribution >= 0.6 is 11.8 Å². The molecule has 1 N–H and O–H groups in total. The average molecular weight is 254 g/mol. The van der Waals surface area contributed by atoms with Gasteiger partial charge in [0.1, 0.15) is 4.75 Å². The molecule has 0 aromatic rings. The van der Waals surface area contributed by atoms with Crippen molar-refractivity contribution in [2.45, 2.75) is 69.6 Å². The van der Waals surface area contributed by atoms with Crippen LogP contribution in [0, 0.1) is 0 Å². The van der Waals surface area contributed by atoms with Crippen molar-refractivity contribution in [1.82, 2.24) is 5.32 Å². The zero-order chi connectivity index (χ0) is 12.3. The quantitative estimate of drug-likeness (QED) is 0.841. The lowest BCUT2D eigenvalue weighted by Gasteiger charge is -2.20. The van der Waals surface area contributed by atoms with Gasteiger partial charge in [-0.2, -0.15) is 0 Å². The first-order valence-corrected chi connectivity index (χ1v) is 7.60. The van der Waals surface area contributed by atoms with Crippen LogP contribution in [-0.4, -0.2) is 21.9 Å². The largest absolute Gasteiger partial charge is 0.304 e. The third-order valence-corrected chi connectivity index (χ3v) is 5.50. The number of thioether (sulfide) groups is 1. The third-order valence-electron chi connectivity index (χ3n) is 3.94. The van der Waals surface area contributed by atoms with E-state index in [1.807, 2.05) is 0 Å². The Morgan fingerprint density at radius 2 is 1.94 bits per heavy atom. The molecule has 96 valence electrons. The second-order valence-electron chi connectivity index (χ2n) is 4.98. The molecule has 2 aliphatic rings. The predicted octanol–water partition coefficient (Wildman–Crippen LogP) is 3.10. The summed E-state index contributed by atoms with van der Waals surface area (Å²) in [7, 11) is 0. The van der Waals surface area contributed by atoms with Crippen molar-refractivity contribution < 1.29 is 4.79 Å². The number of carbonyl (C=O) groups is 1. The summed E-state index contributed by atoms with van der Waals surface area (Å²) in [5.74, 6) is 0.155. The van der Waals surface area contributed by atoms with E-state index in [1.54, 1.807) is 11.8 Å². The topological polar surface area (TPSA) is 41.5 Å². The van der Waals surface area contributed by atoms with Gasteiger partial charge in [0, 0.05) is 0 Å². The second kappa shape index (κ2) is 5.42. The molecule has 0 bridgehead atoms. The van der Waals surface area contributed by atoms with Gasteiger partial charge >= 0.3 is 0 Å². The molecule has 1 amide bonds. The van der Waals surface area contributed by atoms with E-state index in [4.69, 9.17) is 4.99 Å². The van der Waals surface area contributed by atoms with E-state index in [9.17, 15) is 4.79 Å². The number of hydrogen-bond acceptors (Lipinski definition) is 3. The Morgan fingerprint density at radius 3 is 2.47 bits per heavy atom. The number of amides is 1. The first kappa shape index (κ1) is 12.9. The fourth-order valence-electron chi connectivity index (χ4n) is 2.62. The molecule has 3 nitrogen and oxygen atoms in total. The van der Waals surface area contributed by atoms with Crippen molar-refractivity contribution in [2.75, 3.05) is 0 Å². The van der Waals surface area contributed by atoms with Crippen LogP contribution in [-0.2, 0) is 4.79 Å². The maximum absolute atomic E-state index is 12.0. The number of rotatable bonds is 3. The number of carbonyl (C=O) groups excluding carboxylic acids is 1. The standard InChI is InChI=1S/C13H22N2OS/c1-3-13(4-2)11(16)15-12(17-13)14-10-8-6-5-7-9-10/h10H,3-9H2,1-2H3,(H,14,15,16). The molecule has 1 saturated heterocycles. The summed E-state index contributed by atoms with van der Waals surface area (Å²) in [6, 6.07) is 0.441. The van der Waals surface area contributed by atoms with E-state index >= 15 is 0 Å². The molecule has 0 radical (unpaired) electrons. The van der Waals surface area contributed by atoms with E-state index in [-0.39, 0.29) is 10.7 Å². The molecule has 2 rings (SSSR count). The molecule has 1 saturated carbocycles. The Bertz CT molecular complexity index is 317. The van der Waals surface area contributed by atoms with Crippen LogP contribution in [0.15, 0.2) is 4.99 Å². The molecule has 4 heteroatoms. The lowest BCUT2D eigenvalue weighted by molar-refractivity contribution is -0.121. The highest BCUT2D eigenvalue weighted by molar-refractivity contribution is 8.16. The summed E-state index contributed by atoms with van der Waals surface area (Å²) < 4.78 is -0.256. The number of nitrogens with one attached hydrogen (secondary N) is 1. The van der Waals surface area contributed by atoms with Gasteiger partial charge in [-0.05, 0) is 25.7 Å². The van der Waals surface area contributed by atoms with Gasteiger partial charge in [0.15, 0.2) is 5.17 Å². The first-order valence-electron chi connectivity index (χ1n) is 6.78. The van der Waals surface area contributed by atoms with Gasteiger partial charge < -0.3 is 5.32 Å². The lowest BCUT2D eigenvalue weighted by Crippen LogP contribution is -2.35. The van der Waals surface area contributed by atoms with Gasteiger partial charge in [-0.15, -0.1) is 0 Å². The zero-order valence-electron chi connectivity index (χ0n) is 10.8. The van der Waals surface area contributed by atoms with Crippen molar-refractivity contribution in [3.63, 3.8) is 0 Å². The summed E-state index contributed by atoms with van der Waals surface area (Å²) in [5, 5.41) is 3.83. The minimum absolute atomic E-state index is 0.155. The molecule has 0 aromatic carbocycles. The van der Waals surface area contributed by atoms with Gasteiger partial charge in [-0.25, -0.2) is 0 Å². The van der Waals surface area contributed by atoms with Crippen molar-refractivity contribution in [1.29, 1.82) is 0 Å². The number of hydrogen-bond donors (Lipinski definition) is 1. The Kier molecular flexibility index (Phi) is 4.13. The summed E-state index contributed by atoms with van der Waals surface area (Å²) in [4.78, 5) is 16.7. The molecule has 2 fully saturated rings. The molecule has 0 aromatic heterocycles. The zero-order valence-corrected chi connectivity index (χ0v) is 11.6. The fraction of sp³-hybridized carbons (Fsp3) is 0.846. The Labute approximate surface area is 108 Å². The van der Waals surface area contributed by atoms with Crippen LogP contribution in [0.3, 0.4) is 0 Å². The van der Waals surface area contributed by atoms with Crippen LogP contribution in [0.25, 0.3) is 0 Å².